The molecule has 0 aromatic heterocycles. The van der Waals surface area contributed by atoms with Crippen LogP contribution in [0.1, 0.15) is 79.1 Å². The second-order valence-corrected chi connectivity index (χ2v) is 20.5. The first-order chi connectivity index (χ1) is 35.9. The molecule has 17 N–H and O–H groups in total. The summed E-state index contributed by atoms with van der Waals surface area (Å²) in [4.78, 5) is 26.9. The Morgan fingerprint density at radius 3 is 1.86 bits per heavy atom. The monoisotopic (exact) mass is 1080 g/mol. The number of fused-ring (bicyclic) bond motifs is 2. The van der Waals surface area contributed by atoms with E-state index in [1.165, 1.54) is 13.0 Å². The minimum atomic E-state index is -2.46. The molecule has 4 rings (SSSR count). The van der Waals surface area contributed by atoms with E-state index in [0.717, 1.165) is 0 Å². The van der Waals surface area contributed by atoms with Gasteiger partial charge in [0, 0.05) is 37.5 Å². The standard InChI is InChI=1S/C53H84N2O21/c1-28-17-15-13-11-9-7-5-6-8-10-12-14-16-18-35(74-52-48(67)43(54)46(65)31(4)73-52)24-39-42(50(69)55-44-49(68)47(66)40(27-56)75-51(44)70)38(62)26-53(71,76-39)25-34(59)22-37(61)36(60)20-19-32(57)21-33(58)23-41(63)72-30(3)29(2)45(28)64/h5-18,28-40,42-49,51-52,56-62,64-68,70-71H,19-27,54H2,1-4H3,(H,55,69)/t28-,29?,30-,31+,32+,33+,34-,35-,36+,37+,38-,39?,40+,42?,43-,44+,45+,46+,47-,48-,49+,51?,52?,53+/m0/s1. The van der Waals surface area contributed by atoms with E-state index in [1.54, 1.807) is 92.8 Å². The molecule has 432 valence electrons. The molecule has 4 heterocycles. The van der Waals surface area contributed by atoms with Gasteiger partial charge in [-0.05, 0) is 33.1 Å². The second kappa shape index (κ2) is 31.2. The topological polar surface area (TPSA) is 402 Å². The Morgan fingerprint density at radius 2 is 1.25 bits per heavy atom. The fourth-order valence-electron chi connectivity index (χ4n) is 9.50. The molecule has 0 spiro atoms. The lowest BCUT2D eigenvalue weighted by atomic mass is 9.81. The quantitative estimate of drug-likeness (QED) is 0.127. The van der Waals surface area contributed by atoms with Crippen LogP contribution in [0.3, 0.4) is 0 Å². The number of ether oxygens (including phenoxy) is 5. The van der Waals surface area contributed by atoms with Crippen molar-refractivity contribution >= 4 is 11.9 Å². The van der Waals surface area contributed by atoms with Crippen molar-refractivity contribution in [1.82, 2.24) is 5.32 Å². The minimum Gasteiger partial charge on any atom is -0.462 e. The number of allylic oxidation sites excluding steroid dienone is 12. The lowest BCUT2D eigenvalue weighted by molar-refractivity contribution is -0.307. The molecule has 0 radical (unpaired) electrons. The normalized spacial score (nSPS) is 43.8. The van der Waals surface area contributed by atoms with Gasteiger partial charge in [-0.15, -0.1) is 0 Å². The Bertz CT molecular complexity index is 1990. The molecule has 23 heteroatoms. The first-order valence-electron chi connectivity index (χ1n) is 25.9. The second-order valence-electron chi connectivity index (χ2n) is 20.5. The lowest BCUT2D eigenvalue weighted by Gasteiger charge is -2.47. The molecule has 5 unspecified atom stereocenters. The third-order valence-electron chi connectivity index (χ3n) is 14.2. The van der Waals surface area contributed by atoms with Crippen LogP contribution in [0.2, 0.25) is 0 Å². The van der Waals surface area contributed by atoms with Gasteiger partial charge in [0.05, 0.1) is 92.1 Å². The molecule has 1 amide bonds. The average molecular weight is 1090 g/mol. The SMILES string of the molecule is CC1[C@H](C)OC(=O)C[C@H](O)C[C@H](O)CC[C@@H](O)[C@H](O)C[C@H](O)C[C@]2(O)C[C@H](O)C(C(=O)N[C@H]3C(O)O[C@H](CO)[C@H](O)[C@@H]3O)C(C[C@@H](OC3O[C@H](C)[C@@H](O)[C@H](N)[C@@H]3O)C=CC=CC=CC=CC=CC=CC=C[C@H](C)[C@H]1O)O2. The van der Waals surface area contributed by atoms with Gasteiger partial charge in [-0.25, -0.2) is 0 Å². The third-order valence-corrected chi connectivity index (χ3v) is 14.2. The van der Waals surface area contributed by atoms with Crippen LogP contribution in [-0.2, 0) is 33.3 Å². The van der Waals surface area contributed by atoms with Gasteiger partial charge in [0.2, 0.25) is 5.91 Å². The molecule has 0 aromatic rings. The molecule has 4 aliphatic rings. The lowest BCUT2D eigenvalue weighted by Crippen LogP contribution is -2.66. The van der Waals surface area contributed by atoms with Crippen molar-refractivity contribution in [2.75, 3.05) is 6.61 Å². The van der Waals surface area contributed by atoms with Crippen LogP contribution in [0, 0.1) is 17.8 Å². The van der Waals surface area contributed by atoms with Crippen molar-refractivity contribution in [3.8, 4) is 0 Å². The number of cyclic esters (lactones) is 1. The van der Waals surface area contributed by atoms with Gasteiger partial charge in [-0.3, -0.25) is 9.59 Å². The predicted octanol–water partition coefficient (Wildman–Crippen LogP) is -2.46. The largest absolute Gasteiger partial charge is 0.462 e. The van der Waals surface area contributed by atoms with Gasteiger partial charge in [-0.1, -0.05) is 98.9 Å². The summed E-state index contributed by atoms with van der Waals surface area (Å²) in [6.07, 6.45) is -5.57. The zero-order valence-corrected chi connectivity index (χ0v) is 43.4. The number of hydrogen-bond donors (Lipinski definition) is 16. The highest BCUT2D eigenvalue weighted by Gasteiger charge is 2.53. The fraction of sp³-hybridized carbons (Fsp3) is 0.698. The van der Waals surface area contributed by atoms with Gasteiger partial charge >= 0.3 is 5.97 Å². The number of carbonyl (C=O) groups is 2. The Kier molecular flexibility index (Phi) is 26.7. The fourth-order valence-corrected chi connectivity index (χ4v) is 9.50. The summed E-state index contributed by atoms with van der Waals surface area (Å²) in [6, 6.07) is -2.93. The Hall–Kier alpha value is -3.64. The first-order valence-corrected chi connectivity index (χ1v) is 25.9. The number of nitrogens with two attached hydrogens (primary N) is 1. The molecule has 0 aromatic carbocycles. The smallest absolute Gasteiger partial charge is 0.308 e. The summed E-state index contributed by atoms with van der Waals surface area (Å²) >= 11 is 0. The third kappa shape index (κ3) is 19.6. The number of nitrogens with one attached hydrogen (secondary N) is 1. The molecule has 23 nitrogen and oxygen atoms in total. The van der Waals surface area contributed by atoms with Crippen molar-refractivity contribution < 1.29 is 105 Å². The maximum Gasteiger partial charge on any atom is 0.308 e. The van der Waals surface area contributed by atoms with E-state index in [-0.39, 0.29) is 25.2 Å². The van der Waals surface area contributed by atoms with E-state index >= 15 is 0 Å². The van der Waals surface area contributed by atoms with Gasteiger partial charge in [0.25, 0.3) is 0 Å². The molecule has 24 atom stereocenters. The highest BCUT2D eigenvalue weighted by atomic mass is 16.7. The van der Waals surface area contributed by atoms with E-state index in [0.29, 0.717) is 0 Å². The highest BCUT2D eigenvalue weighted by Crippen LogP contribution is 2.39. The summed E-state index contributed by atoms with van der Waals surface area (Å²) in [7, 11) is 0. The number of aliphatic hydroxyl groups is 14. The van der Waals surface area contributed by atoms with E-state index < -0.39 is 191 Å². The summed E-state index contributed by atoms with van der Waals surface area (Å²) < 4.78 is 28.8. The van der Waals surface area contributed by atoms with Gasteiger partial charge < -0.3 is 106 Å². The Morgan fingerprint density at radius 1 is 0.658 bits per heavy atom. The van der Waals surface area contributed by atoms with Gasteiger partial charge in [-0.2, -0.15) is 0 Å². The van der Waals surface area contributed by atoms with E-state index in [1.807, 2.05) is 6.92 Å². The van der Waals surface area contributed by atoms with Gasteiger partial charge in [0.1, 0.15) is 36.6 Å². The molecule has 76 heavy (non-hydrogen) atoms. The predicted molar refractivity (Wildman–Crippen MR) is 271 cm³/mol. The van der Waals surface area contributed by atoms with Crippen LogP contribution in [0.15, 0.2) is 85.1 Å². The number of carbonyl (C=O) groups excluding carboxylic acids is 2. The highest BCUT2D eigenvalue weighted by molar-refractivity contribution is 5.80. The van der Waals surface area contributed by atoms with Crippen LogP contribution >= 0.6 is 0 Å². The molecule has 0 saturated carbocycles. The average Bonchev–Trinajstić information content (AvgIpc) is 3.34. The van der Waals surface area contributed by atoms with E-state index in [9.17, 15) is 81.1 Å². The van der Waals surface area contributed by atoms with Crippen LogP contribution in [0.4, 0.5) is 0 Å². The van der Waals surface area contributed by atoms with Crippen LogP contribution in [0.5, 0.6) is 0 Å². The Labute approximate surface area is 443 Å². The number of esters is 1. The zero-order valence-electron chi connectivity index (χ0n) is 43.4. The molecule has 4 aliphatic heterocycles. The maximum atomic E-state index is 14.2. The van der Waals surface area contributed by atoms with Crippen molar-refractivity contribution in [3.63, 3.8) is 0 Å². The molecular formula is C53H84N2O21. The number of rotatable bonds is 5. The number of amides is 1. The molecule has 3 fully saturated rings. The number of aliphatic hydroxyl groups excluding tert-OH is 13. The van der Waals surface area contributed by atoms with Crippen LogP contribution in [-0.4, -0.2) is 218 Å². The summed E-state index contributed by atoms with van der Waals surface area (Å²) in [6.45, 7) is 5.88. The molecule has 0 aliphatic carbocycles. The number of hydrogen-bond acceptors (Lipinski definition) is 22. The summed E-state index contributed by atoms with van der Waals surface area (Å²) in [5.41, 5.74) is 6.10. The zero-order chi connectivity index (χ0) is 56.4. The Balaban J connectivity index is 1.65. The maximum absolute atomic E-state index is 14.2. The summed E-state index contributed by atoms with van der Waals surface area (Å²) in [5, 5.41) is 154. The van der Waals surface area contributed by atoms with Crippen LogP contribution in [0.25, 0.3) is 0 Å². The minimum absolute atomic E-state index is 0.154. The van der Waals surface area contributed by atoms with Crippen molar-refractivity contribution in [2.24, 2.45) is 23.5 Å². The first kappa shape index (κ1) is 64.9. The molecule has 3 saturated heterocycles. The van der Waals surface area contributed by atoms with Crippen LogP contribution < -0.4 is 11.1 Å². The van der Waals surface area contributed by atoms with Crippen molar-refractivity contribution in [1.29, 1.82) is 0 Å². The molecule has 2 bridgehead atoms. The van der Waals surface area contributed by atoms with E-state index in [2.05, 4.69) is 5.32 Å². The molecular weight excluding hydrogens is 1000 g/mol. The van der Waals surface area contributed by atoms with Crippen molar-refractivity contribution in [2.45, 2.75) is 207 Å². The van der Waals surface area contributed by atoms with Gasteiger partial charge in [0.15, 0.2) is 18.4 Å². The van der Waals surface area contributed by atoms with E-state index in [4.69, 9.17) is 29.4 Å². The van der Waals surface area contributed by atoms with Crippen molar-refractivity contribution in [3.05, 3.63) is 85.1 Å². The summed E-state index contributed by atoms with van der Waals surface area (Å²) in [5.74, 6) is -6.76.